The minimum absolute atomic E-state index is 0.132. The maximum atomic E-state index is 13.0. The van der Waals surface area contributed by atoms with Crippen LogP contribution in [0.4, 0.5) is 11.4 Å². The Morgan fingerprint density at radius 1 is 1.00 bits per heavy atom. The van der Waals surface area contributed by atoms with Crippen molar-refractivity contribution in [3.05, 3.63) is 88.9 Å². The van der Waals surface area contributed by atoms with E-state index < -0.39 is 0 Å². The van der Waals surface area contributed by atoms with E-state index in [-0.39, 0.29) is 18.4 Å². The smallest absolute Gasteiger partial charge is 0.262 e. The number of aryl methyl sites for hydroxylation is 1. The number of amides is 2. The van der Waals surface area contributed by atoms with Gasteiger partial charge in [0.15, 0.2) is 6.61 Å². The van der Waals surface area contributed by atoms with E-state index in [1.165, 1.54) is 0 Å². The fourth-order valence-corrected chi connectivity index (χ4v) is 3.28. The van der Waals surface area contributed by atoms with E-state index in [0.717, 1.165) is 11.3 Å². The molecule has 2 amide bonds. The highest BCUT2D eigenvalue weighted by Crippen LogP contribution is 2.22. The Bertz CT molecular complexity index is 1040. The van der Waals surface area contributed by atoms with Crippen LogP contribution in [0, 0.1) is 6.92 Å². The maximum Gasteiger partial charge on any atom is 0.262 e. The second-order valence-electron chi connectivity index (χ2n) is 6.71. The number of carbonyl (C=O) groups is 2. The largest absolute Gasteiger partial charge is 0.483 e. The molecule has 154 valence electrons. The topological polar surface area (TPSA) is 58.6 Å². The van der Waals surface area contributed by atoms with E-state index in [1.807, 2.05) is 44.2 Å². The molecule has 0 atom stereocenters. The van der Waals surface area contributed by atoms with Gasteiger partial charge in [-0.1, -0.05) is 35.9 Å². The van der Waals surface area contributed by atoms with E-state index in [4.69, 9.17) is 16.3 Å². The van der Waals surface area contributed by atoms with Gasteiger partial charge in [-0.3, -0.25) is 9.59 Å². The third-order valence-electron chi connectivity index (χ3n) is 4.52. The minimum Gasteiger partial charge on any atom is -0.483 e. The molecular weight excluding hydrogens is 400 g/mol. The summed E-state index contributed by atoms with van der Waals surface area (Å²) in [6.45, 7) is 4.17. The van der Waals surface area contributed by atoms with Gasteiger partial charge in [0, 0.05) is 28.5 Å². The van der Waals surface area contributed by atoms with Crippen LogP contribution in [0.25, 0.3) is 0 Å². The molecule has 3 rings (SSSR count). The summed E-state index contributed by atoms with van der Waals surface area (Å²) in [6.07, 6.45) is 0. The maximum absolute atomic E-state index is 13.0. The first-order valence-corrected chi connectivity index (χ1v) is 10.0. The van der Waals surface area contributed by atoms with Gasteiger partial charge in [0.05, 0.1) is 0 Å². The second kappa shape index (κ2) is 9.94. The number of ether oxygens (including phenoxy) is 1. The van der Waals surface area contributed by atoms with Crippen molar-refractivity contribution in [2.24, 2.45) is 0 Å². The fraction of sp³-hybridized carbons (Fsp3) is 0.167. The Kier molecular flexibility index (Phi) is 7.09. The van der Waals surface area contributed by atoms with Crippen molar-refractivity contribution in [1.29, 1.82) is 0 Å². The molecular formula is C24H23ClN2O3. The fourth-order valence-electron chi connectivity index (χ4n) is 3.05. The van der Waals surface area contributed by atoms with Gasteiger partial charge < -0.3 is 15.0 Å². The van der Waals surface area contributed by atoms with Crippen LogP contribution in [-0.4, -0.2) is 25.0 Å². The predicted octanol–water partition coefficient (Wildman–Crippen LogP) is 5.33. The number of anilines is 2. The van der Waals surface area contributed by atoms with Crippen molar-refractivity contribution >= 4 is 34.8 Å². The summed E-state index contributed by atoms with van der Waals surface area (Å²) in [5.41, 5.74) is 2.70. The standard InChI is InChI=1S/C24H23ClN2O3/c1-3-27(21-10-5-4-6-11-21)24(29)18-8-7-9-20(15-18)26-23(28)16-30-22-13-12-19(25)14-17(22)2/h4-15H,3,16H2,1-2H3,(H,26,28). The Balaban J connectivity index is 1.66. The summed E-state index contributed by atoms with van der Waals surface area (Å²) < 4.78 is 5.57. The second-order valence-corrected chi connectivity index (χ2v) is 7.15. The van der Waals surface area contributed by atoms with Crippen LogP contribution in [0.3, 0.4) is 0 Å². The van der Waals surface area contributed by atoms with Crippen molar-refractivity contribution in [1.82, 2.24) is 0 Å². The molecule has 3 aromatic rings. The number of halogens is 1. The Labute approximate surface area is 181 Å². The zero-order valence-electron chi connectivity index (χ0n) is 16.9. The van der Waals surface area contributed by atoms with Crippen LogP contribution in [0.1, 0.15) is 22.8 Å². The van der Waals surface area contributed by atoms with Gasteiger partial charge >= 0.3 is 0 Å². The average Bonchev–Trinajstić information content (AvgIpc) is 2.74. The zero-order chi connectivity index (χ0) is 21.5. The van der Waals surface area contributed by atoms with Gasteiger partial charge in [0.2, 0.25) is 0 Å². The van der Waals surface area contributed by atoms with E-state index >= 15 is 0 Å². The number of rotatable bonds is 7. The van der Waals surface area contributed by atoms with Crippen molar-refractivity contribution in [2.45, 2.75) is 13.8 Å². The summed E-state index contributed by atoms with van der Waals surface area (Å²) in [5.74, 6) is 0.150. The Morgan fingerprint density at radius 3 is 2.47 bits per heavy atom. The number of hydrogen-bond donors (Lipinski definition) is 1. The van der Waals surface area contributed by atoms with Crippen molar-refractivity contribution in [2.75, 3.05) is 23.4 Å². The molecule has 0 aliphatic heterocycles. The molecule has 0 bridgehead atoms. The SMILES string of the molecule is CCN(C(=O)c1cccc(NC(=O)COc2ccc(Cl)cc2C)c1)c1ccccc1. The Morgan fingerprint density at radius 2 is 1.77 bits per heavy atom. The van der Waals surface area contributed by atoms with Gasteiger partial charge in [0.1, 0.15) is 5.75 Å². The molecule has 3 aromatic carbocycles. The van der Waals surface area contributed by atoms with Crippen molar-refractivity contribution in [3.63, 3.8) is 0 Å². The zero-order valence-corrected chi connectivity index (χ0v) is 17.6. The predicted molar refractivity (Wildman–Crippen MR) is 121 cm³/mol. The van der Waals surface area contributed by atoms with Gasteiger partial charge in [-0.15, -0.1) is 0 Å². The lowest BCUT2D eigenvalue weighted by Crippen LogP contribution is -2.30. The van der Waals surface area contributed by atoms with Gasteiger partial charge in [-0.2, -0.15) is 0 Å². The number of nitrogens with one attached hydrogen (secondary N) is 1. The number of carbonyl (C=O) groups excluding carboxylic acids is 2. The van der Waals surface area contributed by atoms with Gasteiger partial charge in [0.25, 0.3) is 11.8 Å². The molecule has 0 fully saturated rings. The lowest BCUT2D eigenvalue weighted by molar-refractivity contribution is -0.118. The van der Waals surface area contributed by atoms with E-state index in [0.29, 0.717) is 28.6 Å². The molecule has 6 heteroatoms. The summed E-state index contributed by atoms with van der Waals surface area (Å²) in [4.78, 5) is 27.0. The number of hydrogen-bond acceptors (Lipinski definition) is 3. The first-order valence-electron chi connectivity index (χ1n) is 9.63. The van der Waals surface area contributed by atoms with Crippen LogP contribution < -0.4 is 15.0 Å². The first-order chi connectivity index (χ1) is 14.5. The Hall–Kier alpha value is -3.31. The molecule has 0 heterocycles. The van der Waals surface area contributed by atoms with Crippen molar-refractivity contribution in [3.8, 4) is 5.75 Å². The number of nitrogens with zero attached hydrogens (tertiary/aromatic N) is 1. The molecule has 0 radical (unpaired) electrons. The highest BCUT2D eigenvalue weighted by atomic mass is 35.5. The molecule has 0 unspecified atom stereocenters. The highest BCUT2D eigenvalue weighted by Gasteiger charge is 2.16. The highest BCUT2D eigenvalue weighted by molar-refractivity contribution is 6.30. The quantitative estimate of drug-likeness (QED) is 0.559. The van der Waals surface area contributed by atoms with Crippen LogP contribution in [0.15, 0.2) is 72.8 Å². The summed E-state index contributed by atoms with van der Waals surface area (Å²) >= 11 is 5.93. The lowest BCUT2D eigenvalue weighted by Gasteiger charge is -2.21. The average molecular weight is 423 g/mol. The summed E-state index contributed by atoms with van der Waals surface area (Å²) in [7, 11) is 0. The molecule has 0 aliphatic rings. The number of benzene rings is 3. The molecule has 0 aromatic heterocycles. The molecule has 0 saturated heterocycles. The van der Waals surface area contributed by atoms with Crippen molar-refractivity contribution < 1.29 is 14.3 Å². The molecule has 0 saturated carbocycles. The summed E-state index contributed by atoms with van der Waals surface area (Å²) in [5, 5.41) is 3.39. The van der Waals surface area contributed by atoms with E-state index in [9.17, 15) is 9.59 Å². The van der Waals surface area contributed by atoms with Gasteiger partial charge in [-0.05, 0) is 67.9 Å². The lowest BCUT2D eigenvalue weighted by atomic mass is 10.1. The third-order valence-corrected chi connectivity index (χ3v) is 4.75. The minimum atomic E-state index is -0.315. The van der Waals surface area contributed by atoms with Gasteiger partial charge in [-0.25, -0.2) is 0 Å². The summed E-state index contributed by atoms with van der Waals surface area (Å²) in [6, 6.07) is 21.6. The van der Waals surface area contributed by atoms with Crippen LogP contribution >= 0.6 is 11.6 Å². The van der Waals surface area contributed by atoms with E-state index in [2.05, 4.69) is 5.32 Å². The number of para-hydroxylation sites is 1. The molecule has 30 heavy (non-hydrogen) atoms. The molecule has 5 nitrogen and oxygen atoms in total. The normalized spacial score (nSPS) is 10.4. The van der Waals surface area contributed by atoms with Crippen LogP contribution in [0.2, 0.25) is 5.02 Å². The molecule has 0 spiro atoms. The monoisotopic (exact) mass is 422 g/mol. The van der Waals surface area contributed by atoms with E-state index in [1.54, 1.807) is 47.4 Å². The molecule has 0 aliphatic carbocycles. The molecule has 1 N–H and O–H groups in total. The van der Waals surface area contributed by atoms with Crippen LogP contribution in [-0.2, 0) is 4.79 Å². The first kappa shape index (κ1) is 21.4. The third kappa shape index (κ3) is 5.39. The van der Waals surface area contributed by atoms with Crippen LogP contribution in [0.5, 0.6) is 5.75 Å².